The molecule has 2 aromatic rings. The summed E-state index contributed by atoms with van der Waals surface area (Å²) in [5.74, 6) is 1.39. The summed E-state index contributed by atoms with van der Waals surface area (Å²) in [5.41, 5.74) is 1.05. The number of benzene rings is 2. The van der Waals surface area contributed by atoms with E-state index in [1.807, 2.05) is 19.1 Å². The highest BCUT2D eigenvalue weighted by molar-refractivity contribution is 9.10. The molecule has 0 saturated heterocycles. The highest BCUT2D eigenvalue weighted by Crippen LogP contribution is 2.37. The first-order valence-corrected chi connectivity index (χ1v) is 7.84. The molecule has 6 heteroatoms. The van der Waals surface area contributed by atoms with Crippen molar-refractivity contribution in [2.45, 2.75) is 6.92 Å². The van der Waals surface area contributed by atoms with E-state index in [4.69, 9.17) is 14.2 Å². The van der Waals surface area contributed by atoms with Crippen molar-refractivity contribution < 1.29 is 19.0 Å². The third kappa shape index (κ3) is 3.96. The van der Waals surface area contributed by atoms with Gasteiger partial charge in [0.2, 0.25) is 0 Å². The maximum absolute atomic E-state index is 12.5. The van der Waals surface area contributed by atoms with E-state index in [-0.39, 0.29) is 5.91 Å². The Morgan fingerprint density at radius 2 is 1.83 bits per heavy atom. The molecule has 23 heavy (non-hydrogen) atoms. The van der Waals surface area contributed by atoms with Gasteiger partial charge in [-0.05, 0) is 47.1 Å². The van der Waals surface area contributed by atoms with Gasteiger partial charge in [-0.25, -0.2) is 0 Å². The minimum atomic E-state index is -0.267. The maximum Gasteiger partial charge on any atom is 0.255 e. The first-order valence-electron chi connectivity index (χ1n) is 7.05. The number of carbonyl (C=O) groups is 1. The Labute approximate surface area is 143 Å². The van der Waals surface area contributed by atoms with Crippen LogP contribution in [0.2, 0.25) is 0 Å². The van der Waals surface area contributed by atoms with E-state index in [9.17, 15) is 4.79 Å². The number of para-hydroxylation sites is 2. The number of hydrogen-bond donors (Lipinski definition) is 1. The highest BCUT2D eigenvalue weighted by atomic mass is 79.9. The number of rotatable bonds is 6. The zero-order chi connectivity index (χ0) is 16.8. The largest absolute Gasteiger partial charge is 0.495 e. The van der Waals surface area contributed by atoms with Crippen molar-refractivity contribution in [1.29, 1.82) is 0 Å². The van der Waals surface area contributed by atoms with E-state index in [2.05, 4.69) is 21.2 Å². The third-order valence-corrected chi connectivity index (χ3v) is 3.72. The van der Waals surface area contributed by atoms with Crippen LogP contribution in [-0.2, 0) is 0 Å². The fraction of sp³-hybridized carbons (Fsp3) is 0.235. The number of halogens is 1. The second-order valence-corrected chi connectivity index (χ2v) is 5.43. The average molecular weight is 380 g/mol. The van der Waals surface area contributed by atoms with Crippen LogP contribution >= 0.6 is 15.9 Å². The Hall–Kier alpha value is -2.21. The quantitative estimate of drug-likeness (QED) is 0.819. The number of anilines is 1. The topological polar surface area (TPSA) is 56.8 Å². The molecule has 0 heterocycles. The van der Waals surface area contributed by atoms with Gasteiger partial charge in [0.05, 0.1) is 31.0 Å². The second-order valence-electron chi connectivity index (χ2n) is 4.58. The van der Waals surface area contributed by atoms with Crippen LogP contribution in [0.25, 0.3) is 0 Å². The molecule has 0 bridgehead atoms. The van der Waals surface area contributed by atoms with E-state index < -0.39 is 0 Å². The minimum Gasteiger partial charge on any atom is -0.495 e. The van der Waals surface area contributed by atoms with Crippen LogP contribution < -0.4 is 19.5 Å². The summed E-state index contributed by atoms with van der Waals surface area (Å²) in [4.78, 5) is 12.5. The fourth-order valence-electron chi connectivity index (χ4n) is 2.08. The predicted octanol–water partition coefficient (Wildman–Crippen LogP) is 4.12. The highest BCUT2D eigenvalue weighted by Gasteiger charge is 2.16. The smallest absolute Gasteiger partial charge is 0.255 e. The van der Waals surface area contributed by atoms with Crippen LogP contribution in [0, 0.1) is 0 Å². The normalized spacial score (nSPS) is 10.1. The van der Waals surface area contributed by atoms with Crippen molar-refractivity contribution in [2.75, 3.05) is 26.1 Å². The molecule has 0 saturated carbocycles. The summed E-state index contributed by atoms with van der Waals surface area (Å²) in [7, 11) is 3.09. The number of ether oxygens (including phenoxy) is 3. The summed E-state index contributed by atoms with van der Waals surface area (Å²) in [6.07, 6.45) is 0. The monoisotopic (exact) mass is 379 g/mol. The molecule has 0 aliphatic carbocycles. The van der Waals surface area contributed by atoms with Gasteiger partial charge >= 0.3 is 0 Å². The Morgan fingerprint density at radius 1 is 1.13 bits per heavy atom. The molecule has 5 nitrogen and oxygen atoms in total. The van der Waals surface area contributed by atoms with E-state index in [1.54, 1.807) is 31.4 Å². The van der Waals surface area contributed by atoms with Crippen molar-refractivity contribution in [3.8, 4) is 17.2 Å². The SMILES string of the molecule is CCOc1c(Br)cc(C(=O)Nc2ccccc2OC)cc1OC. The molecule has 0 spiro atoms. The van der Waals surface area contributed by atoms with Gasteiger partial charge in [0.25, 0.3) is 5.91 Å². The van der Waals surface area contributed by atoms with Crippen LogP contribution in [-0.4, -0.2) is 26.7 Å². The second kappa shape index (κ2) is 7.87. The van der Waals surface area contributed by atoms with E-state index in [0.717, 1.165) is 0 Å². The molecule has 2 aromatic carbocycles. The molecule has 2 rings (SSSR count). The maximum atomic E-state index is 12.5. The summed E-state index contributed by atoms with van der Waals surface area (Å²) in [6, 6.07) is 10.6. The van der Waals surface area contributed by atoms with Gasteiger partial charge in [0.15, 0.2) is 11.5 Å². The Bertz CT molecular complexity index is 703. The zero-order valence-electron chi connectivity index (χ0n) is 13.2. The molecule has 0 unspecified atom stereocenters. The Morgan fingerprint density at radius 3 is 2.48 bits per heavy atom. The van der Waals surface area contributed by atoms with Gasteiger partial charge < -0.3 is 19.5 Å². The Balaban J connectivity index is 2.31. The van der Waals surface area contributed by atoms with Crippen LogP contribution in [0.15, 0.2) is 40.9 Å². The van der Waals surface area contributed by atoms with Crippen LogP contribution in [0.4, 0.5) is 5.69 Å². The number of amides is 1. The molecule has 0 radical (unpaired) electrons. The molecule has 0 aromatic heterocycles. The van der Waals surface area contributed by atoms with Gasteiger partial charge in [0, 0.05) is 5.56 Å². The number of methoxy groups -OCH3 is 2. The lowest BCUT2D eigenvalue weighted by Gasteiger charge is -2.14. The molecule has 0 atom stereocenters. The van der Waals surface area contributed by atoms with Gasteiger partial charge in [-0.1, -0.05) is 12.1 Å². The van der Waals surface area contributed by atoms with Gasteiger partial charge in [-0.15, -0.1) is 0 Å². The van der Waals surface area contributed by atoms with Crippen LogP contribution in [0.3, 0.4) is 0 Å². The lowest BCUT2D eigenvalue weighted by atomic mass is 10.1. The van der Waals surface area contributed by atoms with E-state index in [0.29, 0.717) is 39.6 Å². The van der Waals surface area contributed by atoms with Crippen molar-refractivity contribution in [3.63, 3.8) is 0 Å². The van der Waals surface area contributed by atoms with E-state index in [1.165, 1.54) is 7.11 Å². The zero-order valence-corrected chi connectivity index (χ0v) is 14.8. The molecule has 122 valence electrons. The standard InChI is InChI=1S/C17H18BrNO4/c1-4-23-16-12(18)9-11(10-15(16)22-3)17(20)19-13-7-5-6-8-14(13)21-2/h5-10H,4H2,1-3H3,(H,19,20). The van der Waals surface area contributed by atoms with Crippen LogP contribution in [0.5, 0.6) is 17.2 Å². The van der Waals surface area contributed by atoms with Gasteiger partial charge in [-0.3, -0.25) is 4.79 Å². The third-order valence-electron chi connectivity index (χ3n) is 3.14. The molecular formula is C17H18BrNO4. The number of nitrogens with one attached hydrogen (secondary N) is 1. The van der Waals surface area contributed by atoms with Crippen molar-refractivity contribution in [1.82, 2.24) is 0 Å². The predicted molar refractivity (Wildman–Crippen MR) is 92.8 cm³/mol. The number of carbonyl (C=O) groups excluding carboxylic acids is 1. The van der Waals surface area contributed by atoms with Crippen LogP contribution in [0.1, 0.15) is 17.3 Å². The minimum absolute atomic E-state index is 0.267. The molecule has 0 aliphatic rings. The summed E-state index contributed by atoms with van der Waals surface area (Å²) in [5, 5.41) is 2.83. The fourth-order valence-corrected chi connectivity index (χ4v) is 2.63. The van der Waals surface area contributed by atoms with Crippen molar-refractivity contribution in [2.24, 2.45) is 0 Å². The van der Waals surface area contributed by atoms with Gasteiger partial charge in [0.1, 0.15) is 5.75 Å². The summed E-state index contributed by atoms with van der Waals surface area (Å²) >= 11 is 3.41. The first-order chi connectivity index (χ1) is 11.1. The van der Waals surface area contributed by atoms with Crippen molar-refractivity contribution in [3.05, 3.63) is 46.4 Å². The Kier molecular flexibility index (Phi) is 5.87. The lowest BCUT2D eigenvalue weighted by Crippen LogP contribution is -2.13. The molecule has 1 amide bonds. The van der Waals surface area contributed by atoms with E-state index >= 15 is 0 Å². The number of hydrogen-bond acceptors (Lipinski definition) is 4. The van der Waals surface area contributed by atoms with Crippen molar-refractivity contribution >= 4 is 27.5 Å². The molecule has 0 aliphatic heterocycles. The summed E-state index contributed by atoms with van der Waals surface area (Å²) in [6.45, 7) is 2.38. The van der Waals surface area contributed by atoms with Gasteiger partial charge in [-0.2, -0.15) is 0 Å². The molecular weight excluding hydrogens is 362 g/mol. The average Bonchev–Trinajstić information content (AvgIpc) is 2.57. The summed E-state index contributed by atoms with van der Waals surface area (Å²) < 4.78 is 16.7. The molecule has 0 fully saturated rings. The lowest BCUT2D eigenvalue weighted by molar-refractivity contribution is 0.102. The molecule has 1 N–H and O–H groups in total. The first kappa shape index (κ1) is 17.1.